The lowest BCUT2D eigenvalue weighted by Crippen LogP contribution is -2.09. The standard InChI is InChI=1S/C13H11ClN4/c1-9(12-4-2-3-5-16-12)18-13-11(14)6-10(7-15)8-17-13/h2-6,8-9H,1H3,(H,17,18)/t9-/m0/s1. The molecule has 1 N–H and O–H groups in total. The van der Waals surface area contributed by atoms with Crippen LogP contribution >= 0.6 is 11.6 Å². The van der Waals surface area contributed by atoms with Crippen LogP contribution in [0.2, 0.25) is 5.02 Å². The highest BCUT2D eigenvalue weighted by Crippen LogP contribution is 2.23. The smallest absolute Gasteiger partial charge is 0.145 e. The van der Waals surface area contributed by atoms with Crippen LogP contribution in [0.25, 0.3) is 0 Å². The van der Waals surface area contributed by atoms with Gasteiger partial charge in [0.05, 0.1) is 22.3 Å². The van der Waals surface area contributed by atoms with Gasteiger partial charge < -0.3 is 5.32 Å². The van der Waals surface area contributed by atoms with E-state index in [1.807, 2.05) is 31.2 Å². The lowest BCUT2D eigenvalue weighted by molar-refractivity contribution is 0.832. The van der Waals surface area contributed by atoms with E-state index in [0.717, 1.165) is 5.69 Å². The molecule has 0 saturated carbocycles. The van der Waals surface area contributed by atoms with E-state index in [1.165, 1.54) is 6.20 Å². The van der Waals surface area contributed by atoms with Crippen LogP contribution in [0.15, 0.2) is 36.7 Å². The van der Waals surface area contributed by atoms with Crippen molar-refractivity contribution in [2.75, 3.05) is 5.32 Å². The summed E-state index contributed by atoms with van der Waals surface area (Å²) in [6, 6.07) is 9.28. The van der Waals surface area contributed by atoms with E-state index in [0.29, 0.717) is 16.4 Å². The fraction of sp³-hybridized carbons (Fsp3) is 0.154. The third kappa shape index (κ3) is 2.76. The summed E-state index contributed by atoms with van der Waals surface area (Å²) in [4.78, 5) is 8.37. The molecule has 0 saturated heterocycles. The van der Waals surface area contributed by atoms with Crippen LogP contribution in [-0.4, -0.2) is 9.97 Å². The van der Waals surface area contributed by atoms with E-state index in [-0.39, 0.29) is 6.04 Å². The van der Waals surface area contributed by atoms with Gasteiger partial charge in [-0.1, -0.05) is 17.7 Å². The van der Waals surface area contributed by atoms with Crippen LogP contribution in [0.4, 0.5) is 5.82 Å². The lowest BCUT2D eigenvalue weighted by atomic mass is 10.2. The molecule has 0 amide bonds. The first-order chi connectivity index (χ1) is 8.70. The Bertz CT molecular complexity index is 577. The van der Waals surface area contributed by atoms with Crippen molar-refractivity contribution in [2.45, 2.75) is 13.0 Å². The predicted octanol–water partition coefficient (Wildman–Crippen LogP) is 3.17. The molecular formula is C13H11ClN4. The first kappa shape index (κ1) is 12.3. The van der Waals surface area contributed by atoms with Crippen molar-refractivity contribution in [3.63, 3.8) is 0 Å². The molecule has 0 fully saturated rings. The quantitative estimate of drug-likeness (QED) is 0.919. The van der Waals surface area contributed by atoms with Crippen LogP contribution in [0.3, 0.4) is 0 Å². The molecule has 0 radical (unpaired) electrons. The third-order valence-corrected chi connectivity index (χ3v) is 2.74. The van der Waals surface area contributed by atoms with Gasteiger partial charge in [-0.2, -0.15) is 5.26 Å². The molecule has 90 valence electrons. The minimum atomic E-state index is -0.0101. The van der Waals surface area contributed by atoms with Crippen LogP contribution < -0.4 is 5.32 Å². The average molecular weight is 259 g/mol. The summed E-state index contributed by atoms with van der Waals surface area (Å²) in [5.74, 6) is 0.550. The third-order valence-electron chi connectivity index (χ3n) is 2.45. The highest BCUT2D eigenvalue weighted by Gasteiger charge is 2.09. The Labute approximate surface area is 110 Å². The van der Waals surface area contributed by atoms with E-state index in [1.54, 1.807) is 12.3 Å². The Morgan fingerprint density at radius 2 is 2.22 bits per heavy atom. The van der Waals surface area contributed by atoms with E-state index in [2.05, 4.69) is 15.3 Å². The van der Waals surface area contributed by atoms with Crippen molar-refractivity contribution >= 4 is 17.4 Å². The Morgan fingerprint density at radius 1 is 1.39 bits per heavy atom. The summed E-state index contributed by atoms with van der Waals surface area (Å²) in [5, 5.41) is 12.3. The molecule has 2 aromatic heterocycles. The topological polar surface area (TPSA) is 61.6 Å². The Kier molecular flexibility index (Phi) is 3.75. The Balaban J connectivity index is 2.18. The Hall–Kier alpha value is -2.12. The minimum Gasteiger partial charge on any atom is -0.361 e. The van der Waals surface area contributed by atoms with Crippen LogP contribution in [0.1, 0.15) is 24.2 Å². The van der Waals surface area contributed by atoms with Gasteiger partial charge in [-0.15, -0.1) is 0 Å². The second-order valence-electron chi connectivity index (χ2n) is 3.79. The van der Waals surface area contributed by atoms with Gasteiger partial charge in [0.2, 0.25) is 0 Å². The summed E-state index contributed by atoms with van der Waals surface area (Å²) in [5.41, 5.74) is 1.34. The van der Waals surface area contributed by atoms with Crippen molar-refractivity contribution < 1.29 is 0 Å². The van der Waals surface area contributed by atoms with E-state index >= 15 is 0 Å². The number of aromatic nitrogens is 2. The van der Waals surface area contributed by atoms with Crippen LogP contribution in [-0.2, 0) is 0 Å². The molecule has 0 aromatic carbocycles. The first-order valence-corrected chi connectivity index (χ1v) is 5.81. The molecule has 2 heterocycles. The first-order valence-electron chi connectivity index (χ1n) is 5.44. The molecule has 4 nitrogen and oxygen atoms in total. The molecule has 2 aromatic rings. The molecule has 0 spiro atoms. The number of halogens is 1. The maximum atomic E-state index is 8.73. The van der Waals surface area contributed by atoms with Crippen molar-refractivity contribution in [3.8, 4) is 6.07 Å². The second kappa shape index (κ2) is 5.48. The summed E-state index contributed by atoms with van der Waals surface area (Å²) in [6.07, 6.45) is 3.22. The highest BCUT2D eigenvalue weighted by atomic mass is 35.5. The van der Waals surface area contributed by atoms with Crippen molar-refractivity contribution in [1.29, 1.82) is 5.26 Å². The molecule has 0 aliphatic rings. The van der Waals surface area contributed by atoms with Gasteiger partial charge >= 0.3 is 0 Å². The zero-order valence-electron chi connectivity index (χ0n) is 9.76. The van der Waals surface area contributed by atoms with Gasteiger partial charge in [-0.3, -0.25) is 4.98 Å². The predicted molar refractivity (Wildman–Crippen MR) is 70.2 cm³/mol. The fourth-order valence-electron chi connectivity index (χ4n) is 1.52. The van der Waals surface area contributed by atoms with Gasteiger partial charge in [0.25, 0.3) is 0 Å². The van der Waals surface area contributed by atoms with Crippen LogP contribution in [0.5, 0.6) is 0 Å². The average Bonchev–Trinajstić information content (AvgIpc) is 2.42. The normalized spacial score (nSPS) is 11.6. The molecule has 2 rings (SSSR count). The monoisotopic (exact) mass is 258 g/mol. The molecule has 0 aliphatic carbocycles. The van der Waals surface area contributed by atoms with Gasteiger partial charge in [0.15, 0.2) is 0 Å². The maximum Gasteiger partial charge on any atom is 0.145 e. The number of nitriles is 1. The maximum absolute atomic E-state index is 8.73. The van der Waals surface area contributed by atoms with Gasteiger partial charge in [0, 0.05) is 12.4 Å². The van der Waals surface area contributed by atoms with Crippen molar-refractivity contribution in [1.82, 2.24) is 9.97 Å². The zero-order valence-corrected chi connectivity index (χ0v) is 10.5. The van der Waals surface area contributed by atoms with Crippen LogP contribution in [0, 0.1) is 11.3 Å². The van der Waals surface area contributed by atoms with Gasteiger partial charge in [0.1, 0.15) is 11.9 Å². The lowest BCUT2D eigenvalue weighted by Gasteiger charge is -2.14. The summed E-state index contributed by atoms with van der Waals surface area (Å²) in [7, 11) is 0. The molecule has 0 unspecified atom stereocenters. The molecule has 1 atom stereocenters. The van der Waals surface area contributed by atoms with Gasteiger partial charge in [-0.05, 0) is 25.1 Å². The molecule has 5 heteroatoms. The number of hydrogen-bond donors (Lipinski definition) is 1. The van der Waals surface area contributed by atoms with Crippen molar-refractivity contribution in [2.24, 2.45) is 0 Å². The van der Waals surface area contributed by atoms with E-state index in [9.17, 15) is 0 Å². The van der Waals surface area contributed by atoms with Gasteiger partial charge in [-0.25, -0.2) is 4.98 Å². The van der Waals surface area contributed by atoms with E-state index < -0.39 is 0 Å². The minimum absolute atomic E-state index is 0.0101. The zero-order chi connectivity index (χ0) is 13.0. The fourth-order valence-corrected chi connectivity index (χ4v) is 1.74. The Morgan fingerprint density at radius 3 is 2.83 bits per heavy atom. The number of nitrogens with zero attached hydrogens (tertiary/aromatic N) is 3. The van der Waals surface area contributed by atoms with E-state index in [4.69, 9.17) is 16.9 Å². The second-order valence-corrected chi connectivity index (χ2v) is 4.19. The molecule has 0 aliphatic heterocycles. The van der Waals surface area contributed by atoms with Crippen molar-refractivity contribution in [3.05, 3.63) is 52.9 Å². The molecule has 0 bridgehead atoms. The SMILES string of the molecule is C[C@H](Nc1ncc(C#N)cc1Cl)c1ccccn1. The molecule has 18 heavy (non-hydrogen) atoms. The summed E-state index contributed by atoms with van der Waals surface area (Å²) in [6.45, 7) is 1.97. The number of rotatable bonds is 3. The number of nitrogens with one attached hydrogen (secondary N) is 1. The molecular weight excluding hydrogens is 248 g/mol. The highest BCUT2D eigenvalue weighted by molar-refractivity contribution is 6.33. The summed E-state index contributed by atoms with van der Waals surface area (Å²) < 4.78 is 0. The summed E-state index contributed by atoms with van der Waals surface area (Å²) >= 11 is 6.04. The number of hydrogen-bond acceptors (Lipinski definition) is 4. The number of anilines is 1. The largest absolute Gasteiger partial charge is 0.361 e. The number of pyridine rings is 2.